The van der Waals surface area contributed by atoms with Gasteiger partial charge in [-0.2, -0.15) is 0 Å². The first-order chi connectivity index (χ1) is 8.11. The van der Waals surface area contributed by atoms with E-state index in [0.717, 1.165) is 6.07 Å². The second-order valence-electron chi connectivity index (χ2n) is 3.20. The maximum absolute atomic E-state index is 10.6. The second kappa shape index (κ2) is 4.69. The van der Waals surface area contributed by atoms with Crippen molar-refractivity contribution in [2.24, 2.45) is 0 Å². The maximum Gasteiger partial charge on any atom is 0.525 e. The summed E-state index contributed by atoms with van der Waals surface area (Å²) < 4.78 is 14.7. The molecule has 98 valence electrons. The topological polar surface area (TPSA) is 153 Å². The fourth-order valence-corrected chi connectivity index (χ4v) is 1.60. The Kier molecular flexibility index (Phi) is 3.65. The lowest BCUT2D eigenvalue weighted by Crippen LogP contribution is -1.99. The zero-order chi connectivity index (χ0) is 14.1. The Hall–Kier alpha value is -2.03. The molecule has 0 unspecified atom stereocenters. The summed E-state index contributed by atoms with van der Waals surface area (Å²) in [4.78, 5) is 36.5. The normalized spacial score (nSPS) is 11.1. The number of nitrogens with zero attached hydrogens (tertiary/aromatic N) is 2. The fourth-order valence-electron chi connectivity index (χ4n) is 1.20. The summed E-state index contributed by atoms with van der Waals surface area (Å²) in [5.74, 6) is -0.726. The van der Waals surface area contributed by atoms with E-state index in [1.807, 2.05) is 0 Å². The van der Waals surface area contributed by atoms with Gasteiger partial charge in [0, 0.05) is 5.56 Å². The first-order valence-electron chi connectivity index (χ1n) is 4.30. The van der Waals surface area contributed by atoms with Crippen molar-refractivity contribution in [3.05, 3.63) is 37.9 Å². The van der Waals surface area contributed by atoms with Crippen LogP contribution in [0.1, 0.15) is 5.56 Å². The average Bonchev–Trinajstić information content (AvgIpc) is 2.13. The quantitative estimate of drug-likeness (QED) is 0.474. The maximum atomic E-state index is 10.6. The highest BCUT2D eigenvalue weighted by Crippen LogP contribution is 2.43. The minimum Gasteiger partial charge on any atom is -0.397 e. The van der Waals surface area contributed by atoms with Crippen molar-refractivity contribution in [1.82, 2.24) is 0 Å². The number of rotatable bonds is 4. The lowest BCUT2D eigenvalue weighted by molar-refractivity contribution is -0.394. The van der Waals surface area contributed by atoms with Crippen LogP contribution in [0.3, 0.4) is 0 Å². The molecule has 2 N–H and O–H groups in total. The molecule has 0 heterocycles. The molecule has 0 atom stereocenters. The van der Waals surface area contributed by atoms with Gasteiger partial charge in [0.15, 0.2) is 0 Å². The molecule has 0 spiro atoms. The van der Waals surface area contributed by atoms with Crippen molar-refractivity contribution in [2.45, 2.75) is 6.92 Å². The number of aryl methyl sites for hydroxylation is 1. The van der Waals surface area contributed by atoms with Crippen LogP contribution in [0.5, 0.6) is 5.75 Å². The first kappa shape index (κ1) is 14.0. The summed E-state index contributed by atoms with van der Waals surface area (Å²) >= 11 is 0. The number of phosphoric ester groups is 1. The smallest absolute Gasteiger partial charge is 0.397 e. The van der Waals surface area contributed by atoms with Crippen molar-refractivity contribution in [3.8, 4) is 5.75 Å². The third-order valence-electron chi connectivity index (χ3n) is 1.89. The minimum atomic E-state index is -4.99. The van der Waals surface area contributed by atoms with E-state index >= 15 is 0 Å². The number of benzene rings is 1. The summed E-state index contributed by atoms with van der Waals surface area (Å²) in [6.07, 6.45) is 0. The van der Waals surface area contributed by atoms with Crippen molar-refractivity contribution < 1.29 is 28.7 Å². The van der Waals surface area contributed by atoms with E-state index in [1.54, 1.807) is 0 Å². The number of phosphoric acid groups is 1. The van der Waals surface area contributed by atoms with Gasteiger partial charge >= 0.3 is 13.5 Å². The Balaban J connectivity index is 3.43. The molecule has 10 nitrogen and oxygen atoms in total. The molecule has 0 amide bonds. The van der Waals surface area contributed by atoms with E-state index in [4.69, 9.17) is 9.79 Å². The van der Waals surface area contributed by atoms with Gasteiger partial charge in [-0.1, -0.05) is 0 Å². The van der Waals surface area contributed by atoms with Crippen molar-refractivity contribution in [2.75, 3.05) is 0 Å². The predicted octanol–water partition coefficient (Wildman–Crippen LogP) is 1.28. The predicted molar refractivity (Wildman–Crippen MR) is 57.2 cm³/mol. The van der Waals surface area contributed by atoms with E-state index in [2.05, 4.69) is 4.52 Å². The van der Waals surface area contributed by atoms with Gasteiger partial charge in [-0.15, -0.1) is 0 Å². The molecule has 11 heteroatoms. The number of hydrogen-bond donors (Lipinski definition) is 2. The van der Waals surface area contributed by atoms with Crippen LogP contribution in [0, 0.1) is 27.2 Å². The van der Waals surface area contributed by atoms with Gasteiger partial charge in [0.2, 0.25) is 5.75 Å². The molecule has 1 aromatic carbocycles. The number of nitro groups is 2. The van der Waals surface area contributed by atoms with Crippen LogP contribution in [0.25, 0.3) is 0 Å². The lowest BCUT2D eigenvalue weighted by Gasteiger charge is -2.08. The zero-order valence-electron chi connectivity index (χ0n) is 8.84. The van der Waals surface area contributed by atoms with Crippen molar-refractivity contribution in [1.29, 1.82) is 0 Å². The van der Waals surface area contributed by atoms with E-state index in [0.29, 0.717) is 6.07 Å². The Labute approximate surface area is 99.4 Å². The molecule has 1 rings (SSSR count). The monoisotopic (exact) mass is 278 g/mol. The van der Waals surface area contributed by atoms with Crippen molar-refractivity contribution in [3.63, 3.8) is 0 Å². The highest BCUT2D eigenvalue weighted by Gasteiger charge is 2.28. The average molecular weight is 278 g/mol. The van der Waals surface area contributed by atoms with E-state index in [9.17, 15) is 24.8 Å². The molecule has 0 bridgehead atoms. The molecule has 0 radical (unpaired) electrons. The Bertz CT molecular complexity index is 565. The lowest BCUT2D eigenvalue weighted by atomic mass is 10.1. The molecule has 0 saturated heterocycles. The molecule has 0 fully saturated rings. The highest BCUT2D eigenvalue weighted by atomic mass is 31.2. The van der Waals surface area contributed by atoms with Crippen LogP contribution in [0.2, 0.25) is 0 Å². The Morgan fingerprint density at radius 2 is 1.67 bits per heavy atom. The van der Waals surface area contributed by atoms with Crippen LogP contribution in [-0.2, 0) is 4.57 Å². The van der Waals surface area contributed by atoms with Crippen LogP contribution in [0.15, 0.2) is 12.1 Å². The van der Waals surface area contributed by atoms with Crippen LogP contribution in [0.4, 0.5) is 11.4 Å². The van der Waals surface area contributed by atoms with Crippen LogP contribution >= 0.6 is 7.82 Å². The van der Waals surface area contributed by atoms with Crippen molar-refractivity contribution >= 4 is 19.2 Å². The Morgan fingerprint density at radius 1 is 1.17 bits per heavy atom. The van der Waals surface area contributed by atoms with Crippen LogP contribution in [-0.4, -0.2) is 19.6 Å². The molecule has 0 aliphatic rings. The first-order valence-corrected chi connectivity index (χ1v) is 5.83. The standard InChI is InChI=1S/C7H7N2O8P/c1-4-2-7(17-18(14,15)16)6(9(12)13)3-5(4)8(10)11/h2-3H,1H3,(H2,14,15,16). The van der Waals surface area contributed by atoms with Gasteiger partial charge in [-0.25, -0.2) is 4.57 Å². The largest absolute Gasteiger partial charge is 0.525 e. The van der Waals surface area contributed by atoms with Gasteiger partial charge in [-0.3, -0.25) is 30.0 Å². The minimum absolute atomic E-state index is 0.0194. The van der Waals surface area contributed by atoms with Gasteiger partial charge < -0.3 is 4.52 Å². The van der Waals surface area contributed by atoms with Gasteiger partial charge in [0.1, 0.15) is 0 Å². The fraction of sp³-hybridized carbons (Fsp3) is 0.143. The summed E-state index contributed by atoms with van der Waals surface area (Å²) in [6, 6.07) is 1.41. The van der Waals surface area contributed by atoms with Gasteiger partial charge in [-0.05, 0) is 13.0 Å². The van der Waals surface area contributed by atoms with Crippen LogP contribution < -0.4 is 4.52 Å². The highest BCUT2D eigenvalue weighted by molar-refractivity contribution is 7.46. The van der Waals surface area contributed by atoms with Gasteiger partial charge in [0.05, 0.1) is 15.9 Å². The SMILES string of the molecule is Cc1cc(OP(=O)(O)O)c([N+](=O)[O-])cc1[N+](=O)[O-]. The van der Waals surface area contributed by atoms with E-state index in [1.165, 1.54) is 6.92 Å². The van der Waals surface area contributed by atoms with Gasteiger partial charge in [0.25, 0.3) is 5.69 Å². The second-order valence-corrected chi connectivity index (χ2v) is 4.37. The molecule has 0 aromatic heterocycles. The molecule has 18 heavy (non-hydrogen) atoms. The summed E-state index contributed by atoms with van der Waals surface area (Å²) in [5, 5.41) is 21.2. The summed E-state index contributed by atoms with van der Waals surface area (Å²) in [5.41, 5.74) is -1.45. The number of nitro benzene ring substituents is 2. The van der Waals surface area contributed by atoms with E-state index in [-0.39, 0.29) is 5.56 Å². The third-order valence-corrected chi connectivity index (χ3v) is 2.32. The number of hydrogen-bond acceptors (Lipinski definition) is 6. The Morgan fingerprint density at radius 3 is 2.06 bits per heavy atom. The zero-order valence-corrected chi connectivity index (χ0v) is 9.73. The summed E-state index contributed by atoms with van der Waals surface area (Å²) in [6.45, 7) is 1.26. The summed E-state index contributed by atoms with van der Waals surface area (Å²) in [7, 11) is -4.99. The van der Waals surface area contributed by atoms with E-state index < -0.39 is 34.8 Å². The molecule has 0 aliphatic carbocycles. The molecular weight excluding hydrogens is 271 g/mol. The molecule has 0 aliphatic heterocycles. The third kappa shape index (κ3) is 3.23. The molecule has 1 aromatic rings. The molecule has 0 saturated carbocycles. The molecular formula is C7H7N2O8P.